The molecule has 0 fully saturated rings. The summed E-state index contributed by atoms with van der Waals surface area (Å²) in [7, 11) is -4.05. The van der Waals surface area contributed by atoms with Crippen LogP contribution in [-0.2, 0) is 11.0 Å². The summed E-state index contributed by atoms with van der Waals surface area (Å²) >= 11 is 0. The van der Waals surface area contributed by atoms with Crippen LogP contribution in [0.4, 0.5) is 0 Å². The van der Waals surface area contributed by atoms with Gasteiger partial charge in [-0.2, -0.15) is 4.73 Å². The molecule has 0 saturated heterocycles. The summed E-state index contributed by atoms with van der Waals surface area (Å²) in [6.07, 6.45) is -0.335. The monoisotopic (exact) mass is 207 g/mol. The van der Waals surface area contributed by atoms with Crippen molar-refractivity contribution in [3.63, 3.8) is 0 Å². The fourth-order valence-electron chi connectivity index (χ4n) is 0.908. The van der Waals surface area contributed by atoms with Gasteiger partial charge in [-0.1, -0.05) is 0 Å². The zero-order valence-electron chi connectivity index (χ0n) is 6.66. The maximum Gasteiger partial charge on any atom is 0.325 e. The van der Waals surface area contributed by atoms with Crippen molar-refractivity contribution in [2.75, 3.05) is 6.16 Å². The minimum Gasteiger partial charge on any atom is -0.492 e. The molecule has 0 saturated carbocycles. The number of aromatic nitrogens is 1. The lowest BCUT2D eigenvalue weighted by Gasteiger charge is -2.03. The number of aromatic hydroxyl groups is 1. The van der Waals surface area contributed by atoms with Crippen molar-refractivity contribution < 1.29 is 24.7 Å². The first-order chi connectivity index (χ1) is 5.90. The van der Waals surface area contributed by atoms with Gasteiger partial charge in [0.15, 0.2) is 0 Å². The van der Waals surface area contributed by atoms with Crippen molar-refractivity contribution in [3.05, 3.63) is 17.8 Å². The van der Waals surface area contributed by atoms with Gasteiger partial charge in [0.1, 0.15) is 0 Å². The first-order valence-corrected chi connectivity index (χ1v) is 5.33. The molecule has 13 heavy (non-hydrogen) atoms. The van der Waals surface area contributed by atoms with E-state index < -0.39 is 7.60 Å². The standard InChI is InChI=1S/C6H10NO5P/c8-6-2-1-5(7(6)9)3-4-13(10,11)12/h1-2,8-9H,3-4H2,(H2,10,11,12). The second kappa shape index (κ2) is 3.41. The zero-order chi connectivity index (χ0) is 10.1. The smallest absolute Gasteiger partial charge is 0.325 e. The van der Waals surface area contributed by atoms with Crippen LogP contribution in [0.25, 0.3) is 0 Å². The Kier molecular flexibility index (Phi) is 2.66. The summed E-state index contributed by atoms with van der Waals surface area (Å²) in [6, 6.07) is 2.64. The predicted molar refractivity (Wildman–Crippen MR) is 43.9 cm³/mol. The zero-order valence-corrected chi connectivity index (χ0v) is 7.55. The van der Waals surface area contributed by atoms with Crippen LogP contribution in [0.2, 0.25) is 0 Å². The van der Waals surface area contributed by atoms with Crippen molar-refractivity contribution in [2.24, 2.45) is 0 Å². The summed E-state index contributed by atoms with van der Waals surface area (Å²) in [5, 5.41) is 17.9. The molecule has 7 heteroatoms. The molecule has 0 atom stereocenters. The predicted octanol–water partition coefficient (Wildman–Crippen LogP) is 0.151. The molecule has 1 heterocycles. The Hall–Kier alpha value is -0.970. The molecule has 1 aromatic heterocycles. The average Bonchev–Trinajstić information content (AvgIpc) is 2.29. The van der Waals surface area contributed by atoms with Crippen LogP contribution in [-0.4, -0.2) is 31.0 Å². The van der Waals surface area contributed by atoms with Crippen molar-refractivity contribution in [1.29, 1.82) is 0 Å². The summed E-state index contributed by atoms with van der Waals surface area (Å²) in [6.45, 7) is 0. The van der Waals surface area contributed by atoms with Crippen LogP contribution in [0.3, 0.4) is 0 Å². The first-order valence-electron chi connectivity index (χ1n) is 3.53. The molecule has 0 aliphatic rings. The molecule has 74 valence electrons. The third-order valence-electron chi connectivity index (χ3n) is 1.57. The van der Waals surface area contributed by atoms with Gasteiger partial charge in [-0.3, -0.25) is 4.57 Å². The van der Waals surface area contributed by atoms with Crippen LogP contribution in [0.15, 0.2) is 12.1 Å². The third kappa shape index (κ3) is 2.77. The molecule has 0 aliphatic carbocycles. The molecule has 6 nitrogen and oxygen atoms in total. The number of nitrogens with zero attached hydrogens (tertiary/aromatic N) is 1. The SMILES string of the molecule is O=P(O)(O)CCc1ccc(O)n1O. The molecule has 4 N–H and O–H groups in total. The van der Waals surface area contributed by atoms with Crippen molar-refractivity contribution in [2.45, 2.75) is 6.42 Å². The molecule has 0 radical (unpaired) electrons. The molecule has 0 unspecified atom stereocenters. The lowest BCUT2D eigenvalue weighted by molar-refractivity contribution is 0.148. The lowest BCUT2D eigenvalue weighted by Crippen LogP contribution is -2.00. The van der Waals surface area contributed by atoms with Crippen molar-refractivity contribution in [3.8, 4) is 5.88 Å². The summed E-state index contributed by atoms with van der Waals surface area (Å²) in [5.41, 5.74) is 0.265. The molecule has 0 aliphatic heterocycles. The normalized spacial score (nSPS) is 11.8. The number of rotatable bonds is 3. The van der Waals surface area contributed by atoms with E-state index >= 15 is 0 Å². The van der Waals surface area contributed by atoms with Gasteiger partial charge in [0.2, 0.25) is 5.88 Å². The molecule has 0 bridgehead atoms. The second-order valence-corrected chi connectivity index (χ2v) is 4.41. The quantitative estimate of drug-likeness (QED) is 0.417. The highest BCUT2D eigenvalue weighted by Gasteiger charge is 2.15. The van der Waals surface area contributed by atoms with Gasteiger partial charge in [-0.15, -0.1) is 0 Å². The topological polar surface area (TPSA) is 103 Å². The van der Waals surface area contributed by atoms with Gasteiger partial charge in [0.25, 0.3) is 0 Å². The van der Waals surface area contributed by atoms with Gasteiger partial charge in [-0.05, 0) is 6.07 Å². The summed E-state index contributed by atoms with van der Waals surface area (Å²) in [5.74, 6) is -0.347. The largest absolute Gasteiger partial charge is 0.492 e. The molecule has 0 spiro atoms. The van der Waals surface area contributed by atoms with E-state index in [1.807, 2.05) is 0 Å². The van der Waals surface area contributed by atoms with Crippen LogP contribution >= 0.6 is 7.60 Å². The summed E-state index contributed by atoms with van der Waals surface area (Å²) in [4.78, 5) is 17.1. The number of aryl methyl sites for hydroxylation is 1. The average molecular weight is 207 g/mol. The van der Waals surface area contributed by atoms with E-state index in [1.165, 1.54) is 12.1 Å². The Morgan fingerprint density at radius 2 is 2.00 bits per heavy atom. The van der Waals surface area contributed by atoms with Crippen LogP contribution in [0.5, 0.6) is 5.88 Å². The third-order valence-corrected chi connectivity index (χ3v) is 2.38. The van der Waals surface area contributed by atoms with E-state index in [-0.39, 0.29) is 24.2 Å². The Labute approximate surface area is 74.2 Å². The highest BCUT2D eigenvalue weighted by molar-refractivity contribution is 7.51. The maximum atomic E-state index is 10.5. The van der Waals surface area contributed by atoms with Gasteiger partial charge in [0, 0.05) is 12.5 Å². The molecule has 0 aromatic carbocycles. The van der Waals surface area contributed by atoms with E-state index in [1.54, 1.807) is 0 Å². The highest BCUT2D eigenvalue weighted by Crippen LogP contribution is 2.35. The Bertz CT molecular complexity index is 341. The molecule has 1 rings (SSSR count). The van der Waals surface area contributed by atoms with Crippen LogP contribution in [0.1, 0.15) is 5.69 Å². The van der Waals surface area contributed by atoms with Gasteiger partial charge >= 0.3 is 7.60 Å². The number of hydrogen-bond donors (Lipinski definition) is 4. The molecule has 1 aromatic rings. The van der Waals surface area contributed by atoms with Crippen molar-refractivity contribution >= 4 is 7.60 Å². The van der Waals surface area contributed by atoms with E-state index in [9.17, 15) is 4.57 Å². The van der Waals surface area contributed by atoms with E-state index in [4.69, 9.17) is 20.1 Å². The summed E-state index contributed by atoms with van der Waals surface area (Å²) < 4.78 is 11.0. The van der Waals surface area contributed by atoms with Crippen LogP contribution in [0, 0.1) is 0 Å². The Balaban J connectivity index is 2.65. The second-order valence-electron chi connectivity index (χ2n) is 2.63. The van der Waals surface area contributed by atoms with Gasteiger partial charge < -0.3 is 20.1 Å². The van der Waals surface area contributed by atoms with Crippen LogP contribution < -0.4 is 0 Å². The molecule has 0 amide bonds. The molecular weight excluding hydrogens is 197 g/mol. The van der Waals surface area contributed by atoms with Gasteiger partial charge in [0.05, 0.1) is 11.9 Å². The minimum atomic E-state index is -4.05. The lowest BCUT2D eigenvalue weighted by atomic mass is 10.3. The fraction of sp³-hybridized carbons (Fsp3) is 0.333. The molecular formula is C6H10NO5P. The number of hydrogen-bond acceptors (Lipinski definition) is 3. The van der Waals surface area contributed by atoms with Crippen molar-refractivity contribution in [1.82, 2.24) is 4.73 Å². The van der Waals surface area contributed by atoms with Gasteiger partial charge in [-0.25, -0.2) is 0 Å². The van der Waals surface area contributed by atoms with E-state index in [0.717, 1.165) is 0 Å². The fourth-order valence-corrected chi connectivity index (χ4v) is 1.43. The van der Waals surface area contributed by atoms with E-state index in [0.29, 0.717) is 4.73 Å². The highest BCUT2D eigenvalue weighted by atomic mass is 31.2. The Morgan fingerprint density at radius 1 is 1.38 bits per heavy atom. The first kappa shape index (κ1) is 10.1. The Morgan fingerprint density at radius 3 is 2.38 bits per heavy atom. The minimum absolute atomic E-state index is 0.0152. The van der Waals surface area contributed by atoms with E-state index in [2.05, 4.69) is 0 Å². The maximum absolute atomic E-state index is 10.5.